The van der Waals surface area contributed by atoms with Crippen molar-refractivity contribution in [2.45, 2.75) is 13.0 Å². The number of anilines is 1. The SMILES string of the molecule is COC(=O)C(C)Nc1ccc2c(cnn2C)c1F. The quantitative estimate of drug-likeness (QED) is 0.843. The third kappa shape index (κ3) is 2.01. The number of fused-ring (bicyclic) bond motifs is 1. The fourth-order valence-electron chi connectivity index (χ4n) is 1.77. The van der Waals surface area contributed by atoms with E-state index in [4.69, 9.17) is 0 Å². The second kappa shape index (κ2) is 4.64. The number of carbonyl (C=O) groups excluding carboxylic acids is 1. The maximum absolute atomic E-state index is 14.1. The van der Waals surface area contributed by atoms with Crippen LogP contribution < -0.4 is 5.32 Å². The van der Waals surface area contributed by atoms with Crippen molar-refractivity contribution in [1.29, 1.82) is 0 Å². The number of benzene rings is 1. The van der Waals surface area contributed by atoms with E-state index in [-0.39, 0.29) is 5.69 Å². The fraction of sp³-hybridized carbons (Fsp3) is 0.333. The molecule has 0 aliphatic rings. The Morgan fingerprint density at radius 1 is 1.56 bits per heavy atom. The van der Waals surface area contributed by atoms with Gasteiger partial charge in [-0.15, -0.1) is 0 Å². The molecule has 1 aromatic heterocycles. The molecule has 0 fully saturated rings. The highest BCUT2D eigenvalue weighted by Gasteiger charge is 2.16. The summed E-state index contributed by atoms with van der Waals surface area (Å²) < 4.78 is 20.3. The van der Waals surface area contributed by atoms with Gasteiger partial charge in [0.15, 0.2) is 5.82 Å². The summed E-state index contributed by atoms with van der Waals surface area (Å²) >= 11 is 0. The number of ether oxygens (including phenoxy) is 1. The number of nitrogens with one attached hydrogen (secondary N) is 1. The summed E-state index contributed by atoms with van der Waals surface area (Å²) in [6.45, 7) is 1.61. The molecule has 5 nitrogen and oxygen atoms in total. The molecule has 1 heterocycles. The Balaban J connectivity index is 2.35. The highest BCUT2D eigenvalue weighted by Crippen LogP contribution is 2.24. The molecule has 96 valence electrons. The molecule has 0 aliphatic carbocycles. The van der Waals surface area contributed by atoms with E-state index >= 15 is 0 Å². The number of hydrogen-bond donors (Lipinski definition) is 1. The lowest BCUT2D eigenvalue weighted by Gasteiger charge is -2.13. The van der Waals surface area contributed by atoms with Gasteiger partial charge in [-0.05, 0) is 19.1 Å². The summed E-state index contributed by atoms with van der Waals surface area (Å²) in [4.78, 5) is 11.3. The highest BCUT2D eigenvalue weighted by atomic mass is 19.1. The Morgan fingerprint density at radius 2 is 2.28 bits per heavy atom. The van der Waals surface area contributed by atoms with E-state index in [1.54, 1.807) is 30.8 Å². The summed E-state index contributed by atoms with van der Waals surface area (Å²) in [5.41, 5.74) is 0.956. The molecule has 2 rings (SSSR count). The minimum Gasteiger partial charge on any atom is -0.467 e. The summed E-state index contributed by atoms with van der Waals surface area (Å²) in [6.07, 6.45) is 1.46. The molecule has 18 heavy (non-hydrogen) atoms. The Morgan fingerprint density at radius 3 is 2.94 bits per heavy atom. The Labute approximate surface area is 104 Å². The van der Waals surface area contributed by atoms with Crippen LogP contribution in [0.3, 0.4) is 0 Å². The van der Waals surface area contributed by atoms with Crippen LogP contribution in [-0.2, 0) is 16.6 Å². The number of hydrogen-bond acceptors (Lipinski definition) is 4. The Hall–Kier alpha value is -2.11. The lowest BCUT2D eigenvalue weighted by Crippen LogP contribution is -2.27. The Kier molecular flexibility index (Phi) is 3.18. The van der Waals surface area contributed by atoms with E-state index in [0.29, 0.717) is 10.9 Å². The average Bonchev–Trinajstić information content (AvgIpc) is 2.74. The van der Waals surface area contributed by atoms with Crippen molar-refractivity contribution in [3.63, 3.8) is 0 Å². The van der Waals surface area contributed by atoms with E-state index in [1.807, 2.05) is 0 Å². The number of rotatable bonds is 3. The van der Waals surface area contributed by atoms with Gasteiger partial charge in [-0.2, -0.15) is 5.10 Å². The average molecular weight is 251 g/mol. The van der Waals surface area contributed by atoms with Crippen LogP contribution in [0.2, 0.25) is 0 Å². The molecule has 0 saturated carbocycles. The predicted octanol–water partition coefficient (Wildman–Crippen LogP) is 1.69. The molecular formula is C12H14FN3O2. The van der Waals surface area contributed by atoms with Gasteiger partial charge in [0, 0.05) is 7.05 Å². The van der Waals surface area contributed by atoms with Crippen molar-refractivity contribution in [2.24, 2.45) is 7.05 Å². The largest absolute Gasteiger partial charge is 0.467 e. The van der Waals surface area contributed by atoms with E-state index in [9.17, 15) is 9.18 Å². The molecule has 1 unspecified atom stereocenters. The number of aromatic nitrogens is 2. The number of halogens is 1. The molecule has 2 aromatic rings. The standard InChI is InChI=1S/C12H14FN3O2/c1-7(12(17)18-3)15-9-4-5-10-8(11(9)13)6-14-16(10)2/h4-7,15H,1-3H3. The van der Waals surface area contributed by atoms with Crippen LogP contribution in [0.4, 0.5) is 10.1 Å². The first-order chi connectivity index (χ1) is 8.54. The van der Waals surface area contributed by atoms with Gasteiger partial charge in [0.2, 0.25) is 0 Å². The van der Waals surface area contributed by atoms with E-state index in [0.717, 1.165) is 0 Å². The van der Waals surface area contributed by atoms with Crippen molar-refractivity contribution in [3.05, 3.63) is 24.1 Å². The minimum absolute atomic E-state index is 0.258. The van der Waals surface area contributed by atoms with Crippen LogP contribution in [0.25, 0.3) is 10.9 Å². The third-order valence-electron chi connectivity index (χ3n) is 2.79. The highest BCUT2D eigenvalue weighted by molar-refractivity contribution is 5.85. The number of esters is 1. The van der Waals surface area contributed by atoms with Crippen LogP contribution >= 0.6 is 0 Å². The van der Waals surface area contributed by atoms with Crippen molar-refractivity contribution in [2.75, 3.05) is 12.4 Å². The fourth-order valence-corrected chi connectivity index (χ4v) is 1.77. The van der Waals surface area contributed by atoms with Gasteiger partial charge < -0.3 is 10.1 Å². The summed E-state index contributed by atoms with van der Waals surface area (Å²) in [7, 11) is 3.03. The molecule has 0 amide bonds. The lowest BCUT2D eigenvalue weighted by atomic mass is 10.2. The molecule has 0 aliphatic heterocycles. The van der Waals surface area contributed by atoms with Gasteiger partial charge >= 0.3 is 5.97 Å². The van der Waals surface area contributed by atoms with Crippen molar-refractivity contribution < 1.29 is 13.9 Å². The first-order valence-corrected chi connectivity index (χ1v) is 5.49. The van der Waals surface area contributed by atoms with Crippen molar-refractivity contribution >= 4 is 22.6 Å². The summed E-state index contributed by atoms with van der Waals surface area (Å²) in [5.74, 6) is -0.864. The summed E-state index contributed by atoms with van der Waals surface area (Å²) in [6, 6.07) is 2.72. The second-order valence-corrected chi connectivity index (χ2v) is 4.02. The van der Waals surface area contributed by atoms with Crippen LogP contribution in [-0.4, -0.2) is 28.9 Å². The second-order valence-electron chi connectivity index (χ2n) is 4.02. The van der Waals surface area contributed by atoms with Gasteiger partial charge in [0.25, 0.3) is 0 Å². The first kappa shape index (κ1) is 12.3. The number of nitrogens with zero attached hydrogens (tertiary/aromatic N) is 2. The van der Waals surface area contributed by atoms with Crippen LogP contribution in [0.5, 0.6) is 0 Å². The maximum atomic E-state index is 14.1. The molecule has 0 radical (unpaired) electrons. The van der Waals surface area contributed by atoms with Gasteiger partial charge in [0.05, 0.1) is 29.9 Å². The van der Waals surface area contributed by atoms with Gasteiger partial charge in [-0.3, -0.25) is 4.68 Å². The Bertz CT molecular complexity index is 594. The van der Waals surface area contributed by atoms with Crippen LogP contribution in [0, 0.1) is 5.82 Å². The zero-order chi connectivity index (χ0) is 13.3. The van der Waals surface area contributed by atoms with Crippen molar-refractivity contribution in [3.8, 4) is 0 Å². The normalized spacial score (nSPS) is 12.4. The third-order valence-corrected chi connectivity index (χ3v) is 2.79. The molecule has 6 heteroatoms. The maximum Gasteiger partial charge on any atom is 0.327 e. The van der Waals surface area contributed by atoms with E-state index in [1.165, 1.54) is 13.3 Å². The number of carbonyl (C=O) groups is 1. The zero-order valence-corrected chi connectivity index (χ0v) is 10.4. The molecule has 0 saturated heterocycles. The molecule has 0 spiro atoms. The zero-order valence-electron chi connectivity index (χ0n) is 10.4. The van der Waals surface area contributed by atoms with Gasteiger partial charge in [0.1, 0.15) is 6.04 Å². The number of aryl methyl sites for hydroxylation is 1. The minimum atomic E-state index is -0.612. The smallest absolute Gasteiger partial charge is 0.327 e. The molecule has 1 aromatic carbocycles. The van der Waals surface area contributed by atoms with Crippen LogP contribution in [0.15, 0.2) is 18.3 Å². The van der Waals surface area contributed by atoms with Gasteiger partial charge in [-0.1, -0.05) is 0 Å². The molecular weight excluding hydrogens is 237 g/mol. The van der Waals surface area contributed by atoms with Gasteiger partial charge in [-0.25, -0.2) is 9.18 Å². The molecule has 0 bridgehead atoms. The number of methoxy groups -OCH3 is 1. The first-order valence-electron chi connectivity index (χ1n) is 5.49. The lowest BCUT2D eigenvalue weighted by molar-refractivity contribution is -0.141. The monoisotopic (exact) mass is 251 g/mol. The van der Waals surface area contributed by atoms with E-state index in [2.05, 4.69) is 15.2 Å². The topological polar surface area (TPSA) is 56.1 Å². The summed E-state index contributed by atoms with van der Waals surface area (Å²) in [5, 5.41) is 7.18. The van der Waals surface area contributed by atoms with Crippen LogP contribution in [0.1, 0.15) is 6.92 Å². The molecule has 1 N–H and O–H groups in total. The molecule has 1 atom stereocenters. The van der Waals surface area contributed by atoms with E-state index < -0.39 is 17.8 Å². The predicted molar refractivity (Wildman–Crippen MR) is 65.8 cm³/mol. The van der Waals surface area contributed by atoms with Crippen molar-refractivity contribution in [1.82, 2.24) is 9.78 Å².